The van der Waals surface area contributed by atoms with E-state index in [4.69, 9.17) is 14.2 Å². The Morgan fingerprint density at radius 3 is 2.25 bits per heavy atom. The van der Waals surface area contributed by atoms with Gasteiger partial charge in [0.15, 0.2) is 0 Å². The van der Waals surface area contributed by atoms with Gasteiger partial charge in [0, 0.05) is 18.3 Å². The second-order valence-corrected chi connectivity index (χ2v) is 7.94. The predicted molar refractivity (Wildman–Crippen MR) is 124 cm³/mol. The number of nitrogens with zero attached hydrogens (tertiary/aromatic N) is 1. The van der Waals surface area contributed by atoms with E-state index in [9.17, 15) is 14.4 Å². The van der Waals surface area contributed by atoms with Crippen LogP contribution >= 0.6 is 11.8 Å². The summed E-state index contributed by atoms with van der Waals surface area (Å²) in [6, 6.07) is 12.7. The van der Waals surface area contributed by atoms with Crippen molar-refractivity contribution in [2.45, 2.75) is 13.5 Å². The number of rotatable bonds is 11. The molecule has 0 aliphatic rings. The molecular weight excluding hydrogens is 432 g/mol. The van der Waals surface area contributed by atoms with E-state index in [1.807, 2.05) is 25.1 Å². The van der Waals surface area contributed by atoms with Gasteiger partial charge in [-0.2, -0.15) is 0 Å². The summed E-state index contributed by atoms with van der Waals surface area (Å²) in [4.78, 5) is 38.2. The number of methoxy groups -OCH3 is 3. The van der Waals surface area contributed by atoms with E-state index in [1.54, 1.807) is 24.3 Å². The molecule has 0 aliphatic carbocycles. The SMILES string of the molecule is COC(=O)CN(Cc1cc(OC)cc(OC)c1)C(=O)CSCC(=O)Nc1cccc(C)c1. The molecule has 0 aromatic heterocycles. The van der Waals surface area contributed by atoms with Gasteiger partial charge in [-0.15, -0.1) is 11.8 Å². The Hall–Kier alpha value is -3.20. The highest BCUT2D eigenvalue weighted by atomic mass is 32.2. The van der Waals surface area contributed by atoms with Gasteiger partial charge in [-0.3, -0.25) is 14.4 Å². The van der Waals surface area contributed by atoms with Crippen LogP contribution in [0.2, 0.25) is 0 Å². The molecule has 32 heavy (non-hydrogen) atoms. The van der Waals surface area contributed by atoms with E-state index in [2.05, 4.69) is 5.32 Å². The molecule has 0 heterocycles. The van der Waals surface area contributed by atoms with Crippen molar-refractivity contribution in [3.8, 4) is 11.5 Å². The monoisotopic (exact) mass is 460 g/mol. The highest BCUT2D eigenvalue weighted by Crippen LogP contribution is 2.23. The largest absolute Gasteiger partial charge is 0.497 e. The average molecular weight is 461 g/mol. The third-order valence-corrected chi connectivity index (χ3v) is 5.36. The van der Waals surface area contributed by atoms with Crippen LogP contribution in [0, 0.1) is 6.92 Å². The highest BCUT2D eigenvalue weighted by Gasteiger charge is 2.19. The maximum atomic E-state index is 12.8. The van der Waals surface area contributed by atoms with Gasteiger partial charge in [-0.25, -0.2) is 0 Å². The number of anilines is 1. The molecule has 2 aromatic carbocycles. The summed E-state index contributed by atoms with van der Waals surface area (Å²) >= 11 is 1.18. The number of amides is 2. The molecule has 0 spiro atoms. The minimum Gasteiger partial charge on any atom is -0.497 e. The highest BCUT2D eigenvalue weighted by molar-refractivity contribution is 8.00. The molecule has 2 amide bonds. The molecule has 0 fully saturated rings. The van der Waals surface area contributed by atoms with Gasteiger partial charge in [0.2, 0.25) is 11.8 Å². The van der Waals surface area contributed by atoms with Gasteiger partial charge in [-0.1, -0.05) is 12.1 Å². The summed E-state index contributed by atoms with van der Waals surface area (Å²) in [6.45, 7) is 1.90. The lowest BCUT2D eigenvalue weighted by Crippen LogP contribution is -2.37. The van der Waals surface area contributed by atoms with E-state index in [0.29, 0.717) is 17.2 Å². The molecule has 9 heteroatoms. The van der Waals surface area contributed by atoms with Crippen molar-refractivity contribution in [1.29, 1.82) is 0 Å². The zero-order valence-corrected chi connectivity index (χ0v) is 19.5. The van der Waals surface area contributed by atoms with E-state index >= 15 is 0 Å². The first-order valence-corrected chi connectivity index (χ1v) is 11.0. The number of nitrogens with one attached hydrogen (secondary N) is 1. The maximum absolute atomic E-state index is 12.8. The van der Waals surface area contributed by atoms with Gasteiger partial charge < -0.3 is 24.4 Å². The lowest BCUT2D eigenvalue weighted by Gasteiger charge is -2.22. The maximum Gasteiger partial charge on any atom is 0.325 e. The average Bonchev–Trinajstić information content (AvgIpc) is 2.78. The first-order valence-electron chi connectivity index (χ1n) is 9.85. The Morgan fingerprint density at radius 2 is 1.66 bits per heavy atom. The minimum absolute atomic E-state index is 0.0410. The number of carbonyl (C=O) groups is 3. The fourth-order valence-corrected chi connectivity index (χ4v) is 3.59. The number of carbonyl (C=O) groups excluding carboxylic acids is 3. The van der Waals surface area contributed by atoms with Gasteiger partial charge in [0.05, 0.1) is 32.8 Å². The molecule has 0 atom stereocenters. The Balaban J connectivity index is 1.98. The van der Waals surface area contributed by atoms with Crippen LogP contribution in [0.15, 0.2) is 42.5 Å². The standard InChI is InChI=1S/C23H28N2O6S/c1-16-6-5-7-18(8-16)24-21(26)14-32-15-22(27)25(13-23(28)31-4)12-17-9-19(29-2)11-20(10-17)30-3/h5-11H,12-15H2,1-4H3,(H,24,26). The van der Waals surface area contributed by atoms with Gasteiger partial charge in [-0.05, 0) is 42.3 Å². The number of aryl methyl sites for hydroxylation is 1. The van der Waals surface area contributed by atoms with Crippen LogP contribution in [-0.4, -0.2) is 62.1 Å². The number of hydrogen-bond donors (Lipinski definition) is 1. The van der Waals surface area contributed by atoms with Crippen molar-refractivity contribution in [2.75, 3.05) is 44.7 Å². The lowest BCUT2D eigenvalue weighted by molar-refractivity contribution is -0.146. The van der Waals surface area contributed by atoms with E-state index in [-0.39, 0.29) is 36.4 Å². The Morgan fingerprint density at radius 1 is 0.969 bits per heavy atom. The Kier molecular flexibility index (Phi) is 9.87. The Bertz CT molecular complexity index is 928. The third-order valence-electron chi connectivity index (χ3n) is 4.45. The van der Waals surface area contributed by atoms with E-state index < -0.39 is 5.97 Å². The summed E-state index contributed by atoms with van der Waals surface area (Å²) in [5.41, 5.74) is 2.49. The first kappa shape index (κ1) is 25.1. The molecule has 172 valence electrons. The van der Waals surface area contributed by atoms with Crippen LogP contribution < -0.4 is 14.8 Å². The molecule has 0 saturated carbocycles. The van der Waals surface area contributed by atoms with Crippen LogP contribution in [0.4, 0.5) is 5.69 Å². The number of hydrogen-bond acceptors (Lipinski definition) is 7. The molecule has 0 aliphatic heterocycles. The number of ether oxygens (including phenoxy) is 3. The fraction of sp³-hybridized carbons (Fsp3) is 0.348. The quantitative estimate of drug-likeness (QED) is 0.515. The van der Waals surface area contributed by atoms with Crippen molar-refractivity contribution in [1.82, 2.24) is 4.90 Å². The van der Waals surface area contributed by atoms with Crippen LogP contribution in [-0.2, 0) is 25.7 Å². The second kappa shape index (κ2) is 12.6. The van der Waals surface area contributed by atoms with Crippen LogP contribution in [0.5, 0.6) is 11.5 Å². The summed E-state index contributed by atoms with van der Waals surface area (Å²) in [5, 5.41) is 2.81. The molecule has 0 radical (unpaired) electrons. The summed E-state index contributed by atoms with van der Waals surface area (Å²) in [7, 11) is 4.34. The molecule has 1 N–H and O–H groups in total. The van der Waals surface area contributed by atoms with Crippen LogP contribution in [0.1, 0.15) is 11.1 Å². The second-order valence-electron chi connectivity index (χ2n) is 6.96. The van der Waals surface area contributed by atoms with Crippen molar-refractivity contribution in [2.24, 2.45) is 0 Å². The van der Waals surface area contributed by atoms with E-state index in [1.165, 1.54) is 38.0 Å². The third kappa shape index (κ3) is 8.14. The van der Waals surface area contributed by atoms with Gasteiger partial charge >= 0.3 is 5.97 Å². The predicted octanol–water partition coefficient (Wildman–Crippen LogP) is 2.89. The lowest BCUT2D eigenvalue weighted by atomic mass is 10.2. The topological polar surface area (TPSA) is 94.2 Å². The summed E-state index contributed by atoms with van der Waals surface area (Å²) in [5.74, 6) is 0.281. The first-order chi connectivity index (χ1) is 15.3. The zero-order chi connectivity index (χ0) is 23.5. The van der Waals surface area contributed by atoms with Gasteiger partial charge in [0.25, 0.3) is 0 Å². The van der Waals surface area contributed by atoms with Crippen molar-refractivity contribution < 1.29 is 28.6 Å². The number of esters is 1. The molecule has 8 nitrogen and oxygen atoms in total. The fourth-order valence-electron chi connectivity index (χ4n) is 2.87. The van der Waals surface area contributed by atoms with Crippen molar-refractivity contribution in [3.05, 3.63) is 53.6 Å². The zero-order valence-electron chi connectivity index (χ0n) is 18.7. The van der Waals surface area contributed by atoms with E-state index in [0.717, 1.165) is 11.1 Å². The van der Waals surface area contributed by atoms with Crippen molar-refractivity contribution >= 4 is 35.2 Å². The molecule has 0 unspecified atom stereocenters. The van der Waals surface area contributed by atoms with Crippen molar-refractivity contribution in [3.63, 3.8) is 0 Å². The normalized spacial score (nSPS) is 10.2. The molecule has 0 saturated heterocycles. The summed E-state index contributed by atoms with van der Waals surface area (Å²) in [6.07, 6.45) is 0. The van der Waals surface area contributed by atoms with Crippen LogP contribution in [0.25, 0.3) is 0 Å². The van der Waals surface area contributed by atoms with Gasteiger partial charge in [0.1, 0.15) is 18.0 Å². The number of thioether (sulfide) groups is 1. The van der Waals surface area contributed by atoms with Crippen LogP contribution in [0.3, 0.4) is 0 Å². The smallest absolute Gasteiger partial charge is 0.325 e. The molecular formula is C23H28N2O6S. The Labute approximate surface area is 192 Å². The molecule has 2 aromatic rings. The minimum atomic E-state index is -0.532. The summed E-state index contributed by atoms with van der Waals surface area (Å²) < 4.78 is 15.3. The molecule has 2 rings (SSSR count). The number of benzene rings is 2. The molecule has 0 bridgehead atoms.